The minimum Gasteiger partial charge on any atom is -0.303 e. The molecule has 1 saturated carbocycles. The zero-order valence-corrected chi connectivity index (χ0v) is 11.8. The molecule has 0 aromatic carbocycles. The number of alkyl halides is 1. The Morgan fingerprint density at radius 1 is 1.36 bits per heavy atom. The van der Waals surface area contributed by atoms with Crippen LogP contribution in [0.4, 0.5) is 0 Å². The average Bonchev–Trinajstić information content (AvgIpc) is 2.82. The first kappa shape index (κ1) is 12.5. The van der Waals surface area contributed by atoms with Gasteiger partial charge in [0.1, 0.15) is 0 Å². The summed E-state index contributed by atoms with van der Waals surface area (Å²) in [6.45, 7) is 10.5. The van der Waals surface area contributed by atoms with Crippen molar-refractivity contribution in [3.63, 3.8) is 0 Å². The van der Waals surface area contributed by atoms with Gasteiger partial charge in [0.25, 0.3) is 0 Å². The van der Waals surface area contributed by atoms with Gasteiger partial charge in [-0.1, -0.05) is 36.7 Å². The van der Waals surface area contributed by atoms with Crippen LogP contribution in [0, 0.1) is 10.8 Å². The largest absolute Gasteiger partial charge is 0.303 e. The summed E-state index contributed by atoms with van der Waals surface area (Å²) in [7, 11) is 2.26. The number of halogens is 1. The maximum absolute atomic E-state index is 3.63. The SMILES string of the molecule is CC(N(C)CC1(CBr)CC1)C(C)(C)C. The second-order valence-corrected chi connectivity index (χ2v) is 6.65. The van der Waals surface area contributed by atoms with E-state index in [1.165, 1.54) is 24.7 Å². The molecule has 1 aliphatic rings. The molecule has 2 heteroatoms. The maximum Gasteiger partial charge on any atom is 0.0113 e. The van der Waals surface area contributed by atoms with E-state index in [1.54, 1.807) is 0 Å². The van der Waals surface area contributed by atoms with Crippen molar-refractivity contribution in [1.29, 1.82) is 0 Å². The Hall–Kier alpha value is 0.440. The Labute approximate surface area is 97.4 Å². The molecule has 0 spiro atoms. The van der Waals surface area contributed by atoms with Crippen LogP contribution in [-0.2, 0) is 0 Å². The Morgan fingerprint density at radius 2 is 1.86 bits per heavy atom. The van der Waals surface area contributed by atoms with Gasteiger partial charge in [0.2, 0.25) is 0 Å². The van der Waals surface area contributed by atoms with Crippen LogP contribution in [-0.4, -0.2) is 29.9 Å². The number of hydrogen-bond acceptors (Lipinski definition) is 1. The zero-order chi connectivity index (χ0) is 11.0. The molecule has 0 bridgehead atoms. The number of nitrogens with zero attached hydrogens (tertiary/aromatic N) is 1. The first-order valence-electron chi connectivity index (χ1n) is 5.57. The molecule has 84 valence electrons. The van der Waals surface area contributed by atoms with Crippen LogP contribution in [0.1, 0.15) is 40.5 Å². The van der Waals surface area contributed by atoms with Gasteiger partial charge >= 0.3 is 0 Å². The second kappa shape index (κ2) is 4.13. The minimum atomic E-state index is 0.386. The predicted molar refractivity (Wildman–Crippen MR) is 67.0 cm³/mol. The summed E-state index contributed by atoms with van der Waals surface area (Å²) in [5, 5.41) is 1.17. The van der Waals surface area contributed by atoms with Crippen molar-refractivity contribution in [3.05, 3.63) is 0 Å². The van der Waals surface area contributed by atoms with Gasteiger partial charge in [0.15, 0.2) is 0 Å². The van der Waals surface area contributed by atoms with Crippen molar-refractivity contribution >= 4 is 15.9 Å². The van der Waals surface area contributed by atoms with Crippen molar-refractivity contribution in [3.8, 4) is 0 Å². The lowest BCUT2D eigenvalue weighted by Crippen LogP contribution is -2.42. The summed E-state index contributed by atoms with van der Waals surface area (Å²) in [6.07, 6.45) is 2.80. The summed E-state index contributed by atoms with van der Waals surface area (Å²) in [5.74, 6) is 0. The third-order valence-corrected chi connectivity index (χ3v) is 4.93. The van der Waals surface area contributed by atoms with Crippen LogP contribution in [0.15, 0.2) is 0 Å². The van der Waals surface area contributed by atoms with Crippen LogP contribution in [0.3, 0.4) is 0 Å². The molecular weight excluding hydrogens is 238 g/mol. The highest BCUT2D eigenvalue weighted by Gasteiger charge is 2.43. The lowest BCUT2D eigenvalue weighted by molar-refractivity contribution is 0.122. The van der Waals surface area contributed by atoms with Crippen molar-refractivity contribution in [2.45, 2.75) is 46.6 Å². The highest BCUT2D eigenvalue weighted by Crippen LogP contribution is 2.48. The van der Waals surface area contributed by atoms with E-state index in [2.05, 4.69) is 55.6 Å². The third-order valence-electron chi connectivity index (χ3n) is 3.74. The van der Waals surface area contributed by atoms with E-state index in [-0.39, 0.29) is 0 Å². The van der Waals surface area contributed by atoms with Crippen LogP contribution in [0.2, 0.25) is 0 Å². The molecule has 0 heterocycles. The molecule has 0 N–H and O–H groups in total. The van der Waals surface area contributed by atoms with Crippen molar-refractivity contribution in [2.75, 3.05) is 18.9 Å². The van der Waals surface area contributed by atoms with Gasteiger partial charge < -0.3 is 4.90 Å². The molecule has 0 aromatic rings. The fourth-order valence-corrected chi connectivity index (χ4v) is 2.58. The summed E-state index contributed by atoms with van der Waals surface area (Å²) in [5.41, 5.74) is 0.991. The average molecular weight is 262 g/mol. The molecule has 0 saturated heterocycles. The molecule has 1 nitrogen and oxygen atoms in total. The Balaban J connectivity index is 2.46. The van der Waals surface area contributed by atoms with Gasteiger partial charge in [-0.3, -0.25) is 0 Å². The highest BCUT2D eigenvalue weighted by atomic mass is 79.9. The van der Waals surface area contributed by atoms with E-state index in [1.807, 2.05) is 0 Å². The topological polar surface area (TPSA) is 3.24 Å². The smallest absolute Gasteiger partial charge is 0.0113 e. The number of hydrogen-bond donors (Lipinski definition) is 0. The molecule has 14 heavy (non-hydrogen) atoms. The molecule has 1 atom stereocenters. The van der Waals surface area contributed by atoms with Crippen molar-refractivity contribution < 1.29 is 0 Å². The van der Waals surface area contributed by atoms with Gasteiger partial charge in [-0.2, -0.15) is 0 Å². The molecule has 1 fully saturated rings. The minimum absolute atomic E-state index is 0.386. The quantitative estimate of drug-likeness (QED) is 0.700. The summed E-state index contributed by atoms with van der Waals surface area (Å²) in [4.78, 5) is 2.52. The van der Waals surface area contributed by atoms with Crippen molar-refractivity contribution in [2.24, 2.45) is 10.8 Å². The second-order valence-electron chi connectivity index (χ2n) is 6.09. The molecule has 0 aliphatic heterocycles. The maximum atomic E-state index is 3.63. The molecule has 0 radical (unpaired) electrons. The van der Waals surface area contributed by atoms with Crippen LogP contribution in [0.5, 0.6) is 0 Å². The van der Waals surface area contributed by atoms with Gasteiger partial charge in [0, 0.05) is 17.9 Å². The van der Waals surface area contributed by atoms with E-state index in [9.17, 15) is 0 Å². The molecule has 1 rings (SSSR count). The Bertz CT molecular complexity index is 191. The zero-order valence-electron chi connectivity index (χ0n) is 10.2. The summed E-state index contributed by atoms with van der Waals surface area (Å²) < 4.78 is 0. The van der Waals surface area contributed by atoms with Crippen LogP contribution in [0.25, 0.3) is 0 Å². The number of rotatable bonds is 4. The monoisotopic (exact) mass is 261 g/mol. The van der Waals surface area contributed by atoms with Crippen LogP contribution >= 0.6 is 15.9 Å². The highest BCUT2D eigenvalue weighted by molar-refractivity contribution is 9.09. The van der Waals surface area contributed by atoms with Crippen LogP contribution < -0.4 is 0 Å². The van der Waals surface area contributed by atoms with Crippen molar-refractivity contribution in [1.82, 2.24) is 4.90 Å². The Morgan fingerprint density at radius 3 is 2.14 bits per heavy atom. The van der Waals surface area contributed by atoms with E-state index < -0.39 is 0 Å². The first-order valence-corrected chi connectivity index (χ1v) is 6.69. The van der Waals surface area contributed by atoms with E-state index in [4.69, 9.17) is 0 Å². The standard InChI is InChI=1S/C12H24BrN/c1-10(11(2,3)4)14(5)9-12(8-13)6-7-12/h10H,6-9H2,1-5H3. The molecular formula is C12H24BrN. The molecule has 1 aliphatic carbocycles. The fraction of sp³-hybridized carbons (Fsp3) is 1.00. The van der Waals surface area contributed by atoms with E-state index >= 15 is 0 Å². The predicted octanol–water partition coefficient (Wildman–Crippen LogP) is 3.53. The first-order chi connectivity index (χ1) is 6.31. The molecule has 1 unspecified atom stereocenters. The normalized spacial score (nSPS) is 22.5. The Kier molecular flexibility index (Phi) is 3.69. The molecule has 0 aromatic heterocycles. The summed E-state index contributed by atoms with van der Waals surface area (Å²) >= 11 is 3.63. The van der Waals surface area contributed by atoms with Gasteiger partial charge in [-0.25, -0.2) is 0 Å². The van der Waals surface area contributed by atoms with Gasteiger partial charge in [-0.15, -0.1) is 0 Å². The lowest BCUT2D eigenvalue weighted by Gasteiger charge is -2.37. The fourth-order valence-electron chi connectivity index (χ4n) is 1.84. The van der Waals surface area contributed by atoms with E-state index in [0.717, 1.165) is 0 Å². The van der Waals surface area contributed by atoms with Gasteiger partial charge in [0.05, 0.1) is 0 Å². The van der Waals surface area contributed by atoms with Gasteiger partial charge in [-0.05, 0) is 37.6 Å². The molecule has 0 amide bonds. The lowest BCUT2D eigenvalue weighted by atomic mass is 9.86. The summed E-state index contributed by atoms with van der Waals surface area (Å²) in [6, 6.07) is 0.652. The van der Waals surface area contributed by atoms with E-state index in [0.29, 0.717) is 16.9 Å². The third kappa shape index (κ3) is 2.96.